The number of hydrogen-bond donors (Lipinski definition) is 1. The van der Waals surface area contributed by atoms with Crippen LogP contribution < -0.4 is 14.8 Å². The maximum atomic E-state index is 13.2. The van der Waals surface area contributed by atoms with Gasteiger partial charge < -0.3 is 14.8 Å². The fourth-order valence-corrected chi connectivity index (χ4v) is 4.14. The topological polar surface area (TPSA) is 67.9 Å². The van der Waals surface area contributed by atoms with E-state index >= 15 is 0 Å². The van der Waals surface area contributed by atoms with E-state index in [4.69, 9.17) is 9.47 Å². The second kappa shape index (κ2) is 5.74. The molecule has 1 atom stereocenters. The number of fused-ring (bicyclic) bond motifs is 2. The number of rotatable bonds is 3. The second-order valence-corrected chi connectivity index (χ2v) is 7.47. The van der Waals surface area contributed by atoms with Crippen LogP contribution in [0.1, 0.15) is 35.6 Å². The van der Waals surface area contributed by atoms with E-state index in [9.17, 15) is 9.59 Å². The summed E-state index contributed by atoms with van der Waals surface area (Å²) in [4.78, 5) is 27.0. The van der Waals surface area contributed by atoms with Gasteiger partial charge in [-0.05, 0) is 60.6 Å². The molecule has 1 fully saturated rings. The Balaban J connectivity index is 1.42. The Morgan fingerprint density at radius 1 is 1.04 bits per heavy atom. The van der Waals surface area contributed by atoms with Crippen LogP contribution in [0.3, 0.4) is 0 Å². The van der Waals surface area contributed by atoms with Crippen molar-refractivity contribution in [3.63, 3.8) is 0 Å². The van der Waals surface area contributed by atoms with Crippen LogP contribution in [0.2, 0.25) is 0 Å². The molecule has 0 radical (unpaired) electrons. The fourth-order valence-electron chi connectivity index (χ4n) is 4.14. The number of aryl methyl sites for hydroxylation is 2. The fraction of sp³-hybridized carbons (Fsp3) is 0.333. The first-order chi connectivity index (χ1) is 13.0. The van der Waals surface area contributed by atoms with E-state index in [-0.39, 0.29) is 25.3 Å². The Morgan fingerprint density at radius 3 is 2.74 bits per heavy atom. The Bertz CT molecular complexity index is 971. The predicted octanol–water partition coefficient (Wildman–Crippen LogP) is 2.87. The predicted molar refractivity (Wildman–Crippen MR) is 97.5 cm³/mol. The molecule has 2 heterocycles. The number of benzene rings is 2. The molecule has 3 aliphatic rings. The molecule has 1 saturated heterocycles. The molecule has 1 unspecified atom stereocenters. The minimum absolute atomic E-state index is 0.193. The SMILES string of the molecule is CC1(c2ccc3c(c2)CCC3)NC(=O)N(Cc2ccc3c(c2)OCO3)C1=O. The zero-order valence-electron chi connectivity index (χ0n) is 15.1. The van der Waals surface area contributed by atoms with Crippen molar-refractivity contribution in [2.75, 3.05) is 6.79 Å². The molecule has 2 aromatic carbocycles. The van der Waals surface area contributed by atoms with E-state index in [1.807, 2.05) is 18.2 Å². The van der Waals surface area contributed by atoms with Crippen molar-refractivity contribution in [1.82, 2.24) is 10.2 Å². The normalized spacial score (nSPS) is 22.9. The first kappa shape index (κ1) is 16.2. The summed E-state index contributed by atoms with van der Waals surface area (Å²) in [6, 6.07) is 11.2. The minimum Gasteiger partial charge on any atom is -0.454 e. The highest BCUT2D eigenvalue weighted by Gasteiger charge is 2.49. The third-order valence-electron chi connectivity index (χ3n) is 5.73. The standard InChI is InChI=1S/C21H20N2O4/c1-21(16-7-6-14-3-2-4-15(14)10-16)19(24)23(20(25)22-21)11-13-5-8-17-18(9-13)27-12-26-17/h5-10H,2-4,11-12H2,1H3,(H,22,25). The highest BCUT2D eigenvalue weighted by atomic mass is 16.7. The monoisotopic (exact) mass is 364 g/mol. The number of carbonyl (C=O) groups is 2. The van der Waals surface area contributed by atoms with Gasteiger partial charge in [0.05, 0.1) is 6.54 Å². The number of nitrogens with zero attached hydrogens (tertiary/aromatic N) is 1. The van der Waals surface area contributed by atoms with Crippen molar-refractivity contribution in [2.45, 2.75) is 38.3 Å². The molecule has 1 N–H and O–H groups in total. The van der Waals surface area contributed by atoms with E-state index in [2.05, 4.69) is 17.4 Å². The molecular formula is C21H20N2O4. The van der Waals surface area contributed by atoms with E-state index in [1.165, 1.54) is 16.0 Å². The molecule has 0 spiro atoms. The van der Waals surface area contributed by atoms with Crippen molar-refractivity contribution < 1.29 is 19.1 Å². The molecule has 138 valence electrons. The molecule has 6 heteroatoms. The lowest BCUT2D eigenvalue weighted by Crippen LogP contribution is -2.40. The van der Waals surface area contributed by atoms with Crippen LogP contribution in [-0.2, 0) is 29.7 Å². The lowest BCUT2D eigenvalue weighted by atomic mass is 9.89. The molecular weight excluding hydrogens is 344 g/mol. The van der Waals surface area contributed by atoms with Crippen LogP contribution in [0.4, 0.5) is 4.79 Å². The quantitative estimate of drug-likeness (QED) is 0.851. The Kier molecular flexibility index (Phi) is 3.44. The lowest BCUT2D eigenvalue weighted by molar-refractivity contribution is -0.131. The maximum absolute atomic E-state index is 13.2. The van der Waals surface area contributed by atoms with Crippen LogP contribution in [0, 0.1) is 0 Å². The number of urea groups is 1. The van der Waals surface area contributed by atoms with Gasteiger partial charge >= 0.3 is 6.03 Å². The first-order valence-corrected chi connectivity index (χ1v) is 9.19. The summed E-state index contributed by atoms with van der Waals surface area (Å²) in [5, 5.41) is 2.89. The number of amides is 3. The number of hydrogen-bond acceptors (Lipinski definition) is 4. The molecule has 6 nitrogen and oxygen atoms in total. The van der Waals surface area contributed by atoms with E-state index in [1.54, 1.807) is 13.0 Å². The van der Waals surface area contributed by atoms with Gasteiger partial charge in [-0.15, -0.1) is 0 Å². The van der Waals surface area contributed by atoms with Crippen molar-refractivity contribution in [2.24, 2.45) is 0 Å². The number of ether oxygens (including phenoxy) is 2. The third kappa shape index (κ3) is 2.47. The zero-order chi connectivity index (χ0) is 18.6. The zero-order valence-corrected chi connectivity index (χ0v) is 15.1. The van der Waals surface area contributed by atoms with Gasteiger partial charge in [0.2, 0.25) is 6.79 Å². The smallest absolute Gasteiger partial charge is 0.325 e. The van der Waals surface area contributed by atoms with Gasteiger partial charge in [0.15, 0.2) is 11.5 Å². The van der Waals surface area contributed by atoms with Gasteiger partial charge in [0.1, 0.15) is 5.54 Å². The van der Waals surface area contributed by atoms with Gasteiger partial charge in [-0.2, -0.15) is 0 Å². The van der Waals surface area contributed by atoms with Gasteiger partial charge in [0.25, 0.3) is 5.91 Å². The molecule has 0 aromatic heterocycles. The summed E-state index contributed by atoms with van der Waals surface area (Å²) in [6.45, 7) is 2.17. The van der Waals surface area contributed by atoms with Crippen molar-refractivity contribution in [3.8, 4) is 11.5 Å². The second-order valence-electron chi connectivity index (χ2n) is 7.47. The van der Waals surface area contributed by atoms with Gasteiger partial charge in [-0.1, -0.05) is 24.3 Å². The molecule has 1 aliphatic carbocycles. The highest BCUT2D eigenvalue weighted by Crippen LogP contribution is 2.35. The summed E-state index contributed by atoms with van der Waals surface area (Å²) in [5.74, 6) is 1.09. The molecule has 2 aromatic rings. The molecule has 0 bridgehead atoms. The van der Waals surface area contributed by atoms with E-state index in [0.29, 0.717) is 11.5 Å². The van der Waals surface area contributed by atoms with Crippen LogP contribution in [0.15, 0.2) is 36.4 Å². The maximum Gasteiger partial charge on any atom is 0.325 e. The Labute approximate surface area is 157 Å². The highest BCUT2D eigenvalue weighted by molar-refractivity contribution is 6.07. The first-order valence-electron chi connectivity index (χ1n) is 9.19. The average molecular weight is 364 g/mol. The molecule has 2 aliphatic heterocycles. The summed E-state index contributed by atoms with van der Waals surface area (Å²) >= 11 is 0. The third-order valence-corrected chi connectivity index (χ3v) is 5.73. The number of carbonyl (C=O) groups excluding carboxylic acids is 2. The molecule has 27 heavy (non-hydrogen) atoms. The number of imide groups is 1. The van der Waals surface area contributed by atoms with Crippen LogP contribution in [0.25, 0.3) is 0 Å². The summed E-state index contributed by atoms with van der Waals surface area (Å²) in [5.41, 5.74) is 3.25. The van der Waals surface area contributed by atoms with Gasteiger partial charge in [0, 0.05) is 0 Å². The van der Waals surface area contributed by atoms with Crippen LogP contribution >= 0.6 is 0 Å². The molecule has 3 amide bonds. The largest absolute Gasteiger partial charge is 0.454 e. The van der Waals surface area contributed by atoms with Crippen molar-refractivity contribution >= 4 is 11.9 Å². The van der Waals surface area contributed by atoms with Crippen LogP contribution in [0.5, 0.6) is 11.5 Å². The van der Waals surface area contributed by atoms with E-state index in [0.717, 1.165) is 30.4 Å². The molecule has 5 rings (SSSR count). The Hall–Kier alpha value is -3.02. The van der Waals surface area contributed by atoms with Crippen molar-refractivity contribution in [1.29, 1.82) is 0 Å². The van der Waals surface area contributed by atoms with Gasteiger partial charge in [-0.25, -0.2) is 4.79 Å². The summed E-state index contributed by atoms with van der Waals surface area (Å²) in [7, 11) is 0. The lowest BCUT2D eigenvalue weighted by Gasteiger charge is -2.23. The summed E-state index contributed by atoms with van der Waals surface area (Å²) in [6.07, 6.45) is 3.26. The van der Waals surface area contributed by atoms with E-state index < -0.39 is 5.54 Å². The summed E-state index contributed by atoms with van der Waals surface area (Å²) < 4.78 is 10.7. The molecule has 0 saturated carbocycles. The average Bonchev–Trinajstić information content (AvgIpc) is 3.36. The minimum atomic E-state index is -1.04. The Morgan fingerprint density at radius 2 is 1.85 bits per heavy atom. The number of nitrogens with one attached hydrogen (secondary N) is 1. The van der Waals surface area contributed by atoms with Crippen molar-refractivity contribution in [3.05, 3.63) is 58.7 Å². The van der Waals surface area contributed by atoms with Crippen LogP contribution in [-0.4, -0.2) is 23.6 Å². The van der Waals surface area contributed by atoms with Gasteiger partial charge in [-0.3, -0.25) is 9.69 Å².